The largest absolute Gasteiger partial charge is 0.464 e. The highest BCUT2D eigenvalue weighted by molar-refractivity contribution is 7.11. The molecule has 8 rings (SSSR count). The van der Waals surface area contributed by atoms with Crippen molar-refractivity contribution in [2.45, 2.75) is 69.4 Å². The standard InChI is InChI=1S/C28H30N4O4S/c33-24-4-2-20(25(34)32-24)22-13-36-23-3-1-18(8-21(22)23)30-26(35)27-31-19(14-37-27)12-29-28-9-15-5-16(10-28)7-17(6-15)11-28/h1,3,8,13-17,20,29H,2,4-7,9-12H2,(H,30,35)(H,32,33,34). The summed E-state index contributed by atoms with van der Waals surface area (Å²) in [6, 6.07) is 5.38. The van der Waals surface area contributed by atoms with E-state index in [-0.39, 0.29) is 23.3 Å². The lowest BCUT2D eigenvalue weighted by atomic mass is 9.53. The van der Waals surface area contributed by atoms with E-state index in [0.29, 0.717) is 35.7 Å². The average Bonchev–Trinajstić information content (AvgIpc) is 3.49. The number of thiazole rings is 1. The molecule has 8 nitrogen and oxygen atoms in total. The van der Waals surface area contributed by atoms with E-state index in [4.69, 9.17) is 4.42 Å². The molecule has 37 heavy (non-hydrogen) atoms. The van der Waals surface area contributed by atoms with Crippen LogP contribution in [0.15, 0.2) is 34.3 Å². The molecule has 2 aromatic heterocycles. The fraction of sp³-hybridized carbons (Fsp3) is 0.500. The smallest absolute Gasteiger partial charge is 0.284 e. The van der Waals surface area contributed by atoms with Gasteiger partial charge in [0, 0.05) is 40.5 Å². The molecule has 192 valence electrons. The van der Waals surface area contributed by atoms with Crippen LogP contribution in [0.2, 0.25) is 0 Å². The molecule has 1 atom stereocenters. The van der Waals surface area contributed by atoms with Crippen LogP contribution in [0.1, 0.15) is 78.3 Å². The number of rotatable bonds is 6. The second kappa shape index (κ2) is 8.77. The maximum Gasteiger partial charge on any atom is 0.284 e. The Morgan fingerprint density at radius 1 is 1.14 bits per heavy atom. The van der Waals surface area contributed by atoms with Crippen LogP contribution in [0.5, 0.6) is 0 Å². The van der Waals surface area contributed by atoms with E-state index in [9.17, 15) is 14.4 Å². The van der Waals surface area contributed by atoms with Crippen molar-refractivity contribution >= 4 is 45.7 Å². The van der Waals surface area contributed by atoms with Crippen molar-refractivity contribution in [2.24, 2.45) is 17.8 Å². The normalized spacial score (nSPS) is 30.6. The number of hydrogen-bond donors (Lipinski definition) is 3. The minimum absolute atomic E-state index is 0.252. The van der Waals surface area contributed by atoms with Gasteiger partial charge in [-0.25, -0.2) is 4.98 Å². The quantitative estimate of drug-likeness (QED) is 0.407. The van der Waals surface area contributed by atoms with Crippen LogP contribution >= 0.6 is 11.3 Å². The lowest BCUT2D eigenvalue weighted by Gasteiger charge is -2.57. The summed E-state index contributed by atoms with van der Waals surface area (Å²) in [7, 11) is 0. The molecule has 3 N–H and O–H groups in total. The highest BCUT2D eigenvalue weighted by atomic mass is 32.1. The average molecular weight is 519 g/mol. The molecule has 9 heteroatoms. The number of furan rings is 1. The van der Waals surface area contributed by atoms with Crippen molar-refractivity contribution in [2.75, 3.05) is 5.32 Å². The number of hydrogen-bond acceptors (Lipinski definition) is 7. The number of benzene rings is 1. The van der Waals surface area contributed by atoms with E-state index in [1.165, 1.54) is 49.9 Å². The van der Waals surface area contributed by atoms with Gasteiger partial charge in [-0.05, 0) is 80.9 Å². The topological polar surface area (TPSA) is 113 Å². The maximum atomic E-state index is 13.0. The zero-order valence-electron chi connectivity index (χ0n) is 20.5. The maximum absolute atomic E-state index is 13.0. The minimum atomic E-state index is -0.451. The van der Waals surface area contributed by atoms with Gasteiger partial charge in [0.25, 0.3) is 5.91 Å². The zero-order chi connectivity index (χ0) is 25.1. The van der Waals surface area contributed by atoms with Crippen molar-refractivity contribution in [3.8, 4) is 0 Å². The van der Waals surface area contributed by atoms with Gasteiger partial charge in [0.15, 0.2) is 5.01 Å². The van der Waals surface area contributed by atoms with Gasteiger partial charge in [-0.15, -0.1) is 11.3 Å². The number of fused-ring (bicyclic) bond motifs is 1. The Kier molecular flexibility index (Phi) is 5.48. The van der Waals surface area contributed by atoms with Gasteiger partial charge in [-0.3, -0.25) is 19.7 Å². The third kappa shape index (κ3) is 4.28. The fourth-order valence-electron chi connectivity index (χ4n) is 7.67. The van der Waals surface area contributed by atoms with Gasteiger partial charge in [0.05, 0.1) is 17.9 Å². The van der Waals surface area contributed by atoms with Crippen molar-refractivity contribution in [1.82, 2.24) is 15.6 Å². The van der Waals surface area contributed by atoms with E-state index in [1.807, 2.05) is 11.4 Å². The molecule has 1 unspecified atom stereocenters. The Bertz CT molecular complexity index is 1370. The molecule has 1 aromatic carbocycles. The fourth-order valence-corrected chi connectivity index (χ4v) is 8.38. The summed E-state index contributed by atoms with van der Waals surface area (Å²) in [5.74, 6) is 1.39. The summed E-state index contributed by atoms with van der Waals surface area (Å²) in [5, 5.41) is 12.4. The van der Waals surface area contributed by atoms with Crippen LogP contribution in [0.3, 0.4) is 0 Å². The number of aromatic nitrogens is 1. The van der Waals surface area contributed by atoms with Crippen molar-refractivity contribution < 1.29 is 18.8 Å². The first-order valence-electron chi connectivity index (χ1n) is 13.3. The lowest BCUT2D eigenvalue weighted by molar-refractivity contribution is -0.134. The number of carbonyl (C=O) groups is 3. The monoisotopic (exact) mass is 518 g/mol. The molecule has 4 bridgehead atoms. The molecule has 0 radical (unpaired) electrons. The van der Waals surface area contributed by atoms with E-state index >= 15 is 0 Å². The zero-order valence-corrected chi connectivity index (χ0v) is 21.4. The van der Waals surface area contributed by atoms with Crippen LogP contribution in [0, 0.1) is 17.8 Å². The van der Waals surface area contributed by atoms with Crippen molar-refractivity contribution in [3.63, 3.8) is 0 Å². The van der Waals surface area contributed by atoms with Crippen LogP contribution in [0.25, 0.3) is 11.0 Å². The Labute approximate surface area is 218 Å². The van der Waals surface area contributed by atoms with Gasteiger partial charge in [-0.1, -0.05) is 0 Å². The van der Waals surface area contributed by atoms with Crippen LogP contribution in [-0.2, 0) is 16.1 Å². The second-order valence-corrected chi connectivity index (χ2v) is 12.4. The van der Waals surface area contributed by atoms with Gasteiger partial charge in [0.2, 0.25) is 11.8 Å². The van der Waals surface area contributed by atoms with Crippen LogP contribution in [0.4, 0.5) is 5.69 Å². The third-order valence-electron chi connectivity index (χ3n) is 8.90. The number of imide groups is 1. The molecule has 4 saturated carbocycles. The highest BCUT2D eigenvalue weighted by Crippen LogP contribution is 2.55. The first-order chi connectivity index (χ1) is 17.9. The number of nitrogens with one attached hydrogen (secondary N) is 3. The number of carbonyl (C=O) groups excluding carboxylic acids is 3. The number of amides is 3. The van der Waals surface area contributed by atoms with Crippen LogP contribution in [-0.4, -0.2) is 28.2 Å². The molecule has 5 fully saturated rings. The Morgan fingerprint density at radius 3 is 2.62 bits per heavy atom. The van der Waals surface area contributed by atoms with Crippen molar-refractivity contribution in [1.29, 1.82) is 0 Å². The molecule has 1 saturated heterocycles. The molecule has 0 spiro atoms. The molecular weight excluding hydrogens is 488 g/mol. The number of anilines is 1. The molecule has 1 aliphatic heterocycles. The summed E-state index contributed by atoms with van der Waals surface area (Å²) < 4.78 is 5.64. The predicted octanol–water partition coefficient (Wildman–Crippen LogP) is 4.72. The number of piperidine rings is 1. The first-order valence-corrected chi connectivity index (χ1v) is 14.2. The Morgan fingerprint density at radius 2 is 1.89 bits per heavy atom. The second-order valence-electron chi connectivity index (χ2n) is 11.6. The number of nitrogens with zero attached hydrogens (tertiary/aromatic N) is 1. The molecule has 3 aromatic rings. The van der Waals surface area contributed by atoms with E-state index in [2.05, 4.69) is 20.9 Å². The van der Waals surface area contributed by atoms with Crippen molar-refractivity contribution in [3.05, 3.63) is 46.1 Å². The molecular formula is C28H30N4O4S. The summed E-state index contributed by atoms with van der Waals surface area (Å²) in [6.07, 6.45) is 10.4. The molecule has 4 aliphatic carbocycles. The van der Waals surface area contributed by atoms with Gasteiger partial charge < -0.3 is 15.1 Å². The SMILES string of the molecule is O=C1CCC(c2coc3ccc(NC(=O)c4nc(CNC56CC7CC(CC(C7)C5)C6)cs4)cc23)C(=O)N1. The van der Waals surface area contributed by atoms with Gasteiger partial charge in [0.1, 0.15) is 5.58 Å². The first kappa shape index (κ1) is 23.1. The van der Waals surface area contributed by atoms with E-state index in [1.54, 1.807) is 18.4 Å². The molecule has 3 heterocycles. The summed E-state index contributed by atoms with van der Waals surface area (Å²) in [5.41, 5.74) is 3.14. The summed E-state index contributed by atoms with van der Waals surface area (Å²) in [6.45, 7) is 0.701. The van der Waals surface area contributed by atoms with E-state index in [0.717, 1.165) is 34.4 Å². The summed E-state index contributed by atoms with van der Waals surface area (Å²) in [4.78, 5) is 41.5. The minimum Gasteiger partial charge on any atom is -0.464 e. The van der Waals surface area contributed by atoms with Gasteiger partial charge in [-0.2, -0.15) is 0 Å². The van der Waals surface area contributed by atoms with E-state index < -0.39 is 5.92 Å². The lowest BCUT2D eigenvalue weighted by Crippen LogP contribution is -2.58. The molecule has 3 amide bonds. The molecule has 5 aliphatic rings. The third-order valence-corrected chi connectivity index (χ3v) is 9.79. The predicted molar refractivity (Wildman–Crippen MR) is 139 cm³/mol. The summed E-state index contributed by atoms with van der Waals surface area (Å²) >= 11 is 1.36. The Balaban J connectivity index is 1.03. The van der Waals surface area contributed by atoms with Gasteiger partial charge >= 0.3 is 0 Å². The Hall–Kier alpha value is -3.04. The van der Waals surface area contributed by atoms with Crippen LogP contribution < -0.4 is 16.0 Å². The highest BCUT2D eigenvalue weighted by Gasteiger charge is 2.50.